The normalized spacial score (nSPS) is 10.1. The molecule has 0 N–H and O–H groups in total. The highest BCUT2D eigenvalue weighted by atomic mass is 35.5. The molecule has 0 aromatic heterocycles. The van der Waals surface area contributed by atoms with Crippen LogP contribution in [0.15, 0.2) is 18.2 Å². The van der Waals surface area contributed by atoms with Gasteiger partial charge in [0.25, 0.3) is 0 Å². The van der Waals surface area contributed by atoms with E-state index in [1.807, 2.05) is 6.92 Å². The van der Waals surface area contributed by atoms with Gasteiger partial charge in [-0.25, -0.2) is 4.39 Å². The lowest BCUT2D eigenvalue weighted by atomic mass is 10.2. The van der Waals surface area contributed by atoms with E-state index in [4.69, 9.17) is 16.3 Å². The van der Waals surface area contributed by atoms with Crippen molar-refractivity contribution in [2.45, 2.75) is 19.8 Å². The van der Waals surface area contributed by atoms with Crippen LogP contribution in [0.25, 0.3) is 0 Å². The Morgan fingerprint density at radius 2 is 2.27 bits per heavy atom. The summed E-state index contributed by atoms with van der Waals surface area (Å²) < 4.78 is 18.2. The van der Waals surface area contributed by atoms with Crippen molar-refractivity contribution in [1.29, 1.82) is 0 Å². The van der Waals surface area contributed by atoms with Gasteiger partial charge in [0, 0.05) is 6.42 Å². The molecule has 82 valence electrons. The fourth-order valence-corrected chi connectivity index (χ4v) is 1.34. The number of ketones is 1. The summed E-state index contributed by atoms with van der Waals surface area (Å²) in [6.45, 7) is 1.77. The van der Waals surface area contributed by atoms with Crippen molar-refractivity contribution < 1.29 is 13.9 Å². The quantitative estimate of drug-likeness (QED) is 0.776. The molecule has 0 amide bonds. The lowest BCUT2D eigenvalue weighted by Gasteiger charge is -2.07. The Labute approximate surface area is 93.0 Å². The maximum absolute atomic E-state index is 13.2. The molecule has 0 atom stereocenters. The van der Waals surface area contributed by atoms with Gasteiger partial charge in [-0.05, 0) is 18.6 Å². The molecule has 0 spiro atoms. The van der Waals surface area contributed by atoms with Gasteiger partial charge < -0.3 is 4.74 Å². The van der Waals surface area contributed by atoms with Crippen molar-refractivity contribution in [3.63, 3.8) is 0 Å². The smallest absolute Gasteiger partial charge is 0.174 e. The topological polar surface area (TPSA) is 26.3 Å². The van der Waals surface area contributed by atoms with Gasteiger partial charge in [-0.1, -0.05) is 24.6 Å². The number of Topliss-reactive ketones (excluding diaryl/α,β-unsaturated/α-hetero) is 1. The van der Waals surface area contributed by atoms with Gasteiger partial charge in [-0.3, -0.25) is 4.79 Å². The van der Waals surface area contributed by atoms with E-state index < -0.39 is 5.82 Å². The average molecular weight is 231 g/mol. The molecule has 1 aromatic rings. The lowest BCUT2D eigenvalue weighted by molar-refractivity contribution is -0.121. The number of hydrogen-bond donors (Lipinski definition) is 0. The summed E-state index contributed by atoms with van der Waals surface area (Å²) >= 11 is 5.71. The fourth-order valence-electron chi connectivity index (χ4n) is 1.12. The zero-order valence-electron chi connectivity index (χ0n) is 8.43. The molecular formula is C11H12ClFO2. The molecule has 4 heteroatoms. The second kappa shape index (κ2) is 5.71. The van der Waals surface area contributed by atoms with Gasteiger partial charge >= 0.3 is 0 Å². The van der Waals surface area contributed by atoms with Crippen molar-refractivity contribution in [2.75, 3.05) is 6.61 Å². The standard InChI is InChI=1S/C11H12ClFO2/c1-2-4-8(14)7-15-11-9(12)5-3-6-10(11)13/h3,5-6H,2,4,7H2,1H3. The molecule has 15 heavy (non-hydrogen) atoms. The Kier molecular flexibility index (Phi) is 4.56. The van der Waals surface area contributed by atoms with Gasteiger partial charge in [0.05, 0.1) is 5.02 Å². The number of carbonyl (C=O) groups excluding carboxylic acids is 1. The Hall–Kier alpha value is -1.09. The molecule has 0 radical (unpaired) electrons. The molecule has 0 unspecified atom stereocenters. The first-order valence-electron chi connectivity index (χ1n) is 4.73. The second-order valence-electron chi connectivity index (χ2n) is 3.13. The first-order chi connectivity index (χ1) is 7.15. The zero-order chi connectivity index (χ0) is 11.3. The monoisotopic (exact) mass is 230 g/mol. The SMILES string of the molecule is CCCC(=O)COc1c(F)cccc1Cl. The van der Waals surface area contributed by atoms with Crippen molar-refractivity contribution in [3.05, 3.63) is 29.0 Å². The summed E-state index contributed by atoms with van der Waals surface area (Å²) in [5.74, 6) is -0.660. The first-order valence-corrected chi connectivity index (χ1v) is 5.11. The number of halogens is 2. The van der Waals surface area contributed by atoms with Crippen LogP contribution in [0, 0.1) is 5.82 Å². The molecule has 2 nitrogen and oxygen atoms in total. The Balaban J connectivity index is 2.61. The average Bonchev–Trinajstić information content (AvgIpc) is 2.17. The third-order valence-electron chi connectivity index (χ3n) is 1.83. The number of carbonyl (C=O) groups is 1. The maximum atomic E-state index is 13.2. The van der Waals surface area contributed by atoms with Crippen molar-refractivity contribution in [2.24, 2.45) is 0 Å². The Morgan fingerprint density at radius 1 is 1.53 bits per heavy atom. The highest BCUT2D eigenvalue weighted by molar-refractivity contribution is 6.32. The predicted molar refractivity (Wildman–Crippen MR) is 56.8 cm³/mol. The van der Waals surface area contributed by atoms with Crippen LogP contribution in [-0.2, 0) is 4.79 Å². The zero-order valence-corrected chi connectivity index (χ0v) is 9.18. The minimum atomic E-state index is -0.549. The van der Waals surface area contributed by atoms with Crippen molar-refractivity contribution in [3.8, 4) is 5.75 Å². The molecule has 0 fully saturated rings. The van der Waals surface area contributed by atoms with Gasteiger partial charge in [0.15, 0.2) is 17.3 Å². The maximum Gasteiger partial charge on any atom is 0.174 e. The van der Waals surface area contributed by atoms with Crippen LogP contribution in [0.1, 0.15) is 19.8 Å². The highest BCUT2D eigenvalue weighted by Crippen LogP contribution is 2.27. The van der Waals surface area contributed by atoms with E-state index in [2.05, 4.69) is 0 Å². The van der Waals surface area contributed by atoms with E-state index in [1.54, 1.807) is 0 Å². The molecule has 0 aliphatic carbocycles. The first kappa shape index (κ1) is 12.0. The van der Waals surface area contributed by atoms with Crippen LogP contribution in [0.3, 0.4) is 0 Å². The largest absolute Gasteiger partial charge is 0.481 e. The van der Waals surface area contributed by atoms with Crippen LogP contribution in [0.2, 0.25) is 5.02 Å². The minimum Gasteiger partial charge on any atom is -0.481 e. The number of ether oxygens (including phenoxy) is 1. The van der Waals surface area contributed by atoms with Gasteiger partial charge in [0.1, 0.15) is 6.61 Å². The van der Waals surface area contributed by atoms with Crippen molar-refractivity contribution >= 4 is 17.4 Å². The van der Waals surface area contributed by atoms with E-state index in [0.29, 0.717) is 6.42 Å². The molecule has 0 saturated carbocycles. The van der Waals surface area contributed by atoms with E-state index in [1.165, 1.54) is 18.2 Å². The summed E-state index contributed by atoms with van der Waals surface area (Å²) in [6.07, 6.45) is 1.19. The van der Waals surface area contributed by atoms with Gasteiger partial charge in [-0.2, -0.15) is 0 Å². The molecule has 0 aliphatic heterocycles. The lowest BCUT2D eigenvalue weighted by Crippen LogP contribution is -2.11. The molecule has 1 aromatic carbocycles. The summed E-state index contributed by atoms with van der Waals surface area (Å²) in [4.78, 5) is 11.1. The fraction of sp³-hybridized carbons (Fsp3) is 0.364. The van der Waals surface area contributed by atoms with Crippen LogP contribution in [0.5, 0.6) is 5.75 Å². The number of rotatable bonds is 5. The summed E-state index contributed by atoms with van der Waals surface area (Å²) in [5, 5.41) is 0.180. The summed E-state index contributed by atoms with van der Waals surface area (Å²) in [6, 6.07) is 4.24. The molecule has 0 aliphatic rings. The van der Waals surface area contributed by atoms with Crippen LogP contribution >= 0.6 is 11.6 Å². The van der Waals surface area contributed by atoms with Gasteiger partial charge in [0.2, 0.25) is 0 Å². The molecule has 0 saturated heterocycles. The van der Waals surface area contributed by atoms with E-state index >= 15 is 0 Å². The number of para-hydroxylation sites is 1. The predicted octanol–water partition coefficient (Wildman–Crippen LogP) is 3.23. The third kappa shape index (κ3) is 3.51. The highest BCUT2D eigenvalue weighted by Gasteiger charge is 2.09. The minimum absolute atomic E-state index is 0.0522. The van der Waals surface area contributed by atoms with E-state index in [-0.39, 0.29) is 23.2 Å². The number of hydrogen-bond acceptors (Lipinski definition) is 2. The van der Waals surface area contributed by atoms with E-state index in [9.17, 15) is 9.18 Å². The van der Waals surface area contributed by atoms with Crippen molar-refractivity contribution in [1.82, 2.24) is 0 Å². The van der Waals surface area contributed by atoms with Gasteiger partial charge in [-0.15, -0.1) is 0 Å². The molecular weight excluding hydrogens is 219 g/mol. The molecule has 0 bridgehead atoms. The van der Waals surface area contributed by atoms with E-state index in [0.717, 1.165) is 6.42 Å². The summed E-state index contributed by atoms with van der Waals surface area (Å²) in [7, 11) is 0. The third-order valence-corrected chi connectivity index (χ3v) is 2.12. The summed E-state index contributed by atoms with van der Waals surface area (Å²) in [5.41, 5.74) is 0. The molecule has 0 heterocycles. The second-order valence-corrected chi connectivity index (χ2v) is 3.54. The van der Waals surface area contributed by atoms with Crippen LogP contribution < -0.4 is 4.74 Å². The Morgan fingerprint density at radius 3 is 2.87 bits per heavy atom. The van der Waals surface area contributed by atoms with Crippen LogP contribution in [0.4, 0.5) is 4.39 Å². The number of benzene rings is 1. The Bertz CT molecular complexity index is 332. The molecule has 1 rings (SSSR count). The van der Waals surface area contributed by atoms with Crippen LogP contribution in [-0.4, -0.2) is 12.4 Å².